The van der Waals surface area contributed by atoms with Crippen molar-refractivity contribution < 1.29 is 9.53 Å². The second-order valence-electron chi connectivity index (χ2n) is 3.19. The van der Waals surface area contributed by atoms with Gasteiger partial charge in [0.25, 0.3) is 5.95 Å². The Morgan fingerprint density at radius 1 is 1.62 bits per heavy atom. The molecule has 0 unspecified atom stereocenters. The summed E-state index contributed by atoms with van der Waals surface area (Å²) in [6.45, 7) is 2.00. The van der Waals surface area contributed by atoms with Crippen LogP contribution in [0, 0.1) is 0 Å². The number of hydrogen-bond acceptors (Lipinski definition) is 4. The number of rotatable bonds is 2. The fraction of sp³-hybridized carbons (Fsp3) is 0.300. The van der Waals surface area contributed by atoms with Gasteiger partial charge < -0.3 is 4.74 Å². The molecule has 16 heavy (non-hydrogen) atoms. The summed E-state index contributed by atoms with van der Waals surface area (Å²) >= 11 is 0. The topological polar surface area (TPSA) is 68.5 Å². The molecule has 1 N–H and O–H groups in total. The Morgan fingerprint density at radius 2 is 2.44 bits per heavy atom. The molecule has 0 aliphatic rings. The van der Waals surface area contributed by atoms with Crippen LogP contribution in [0.1, 0.15) is 12.6 Å². The third kappa shape index (κ3) is 1.81. The van der Waals surface area contributed by atoms with Crippen LogP contribution in [-0.2, 0) is 11.2 Å². The first kappa shape index (κ1) is 10.4. The van der Waals surface area contributed by atoms with E-state index in [1.807, 2.05) is 19.1 Å². The number of aryl methyl sites for hydroxylation is 1. The molecular formula is C10H12N4O2. The number of carbonyl (C=O) groups is 1. The van der Waals surface area contributed by atoms with Gasteiger partial charge in [0.2, 0.25) is 0 Å². The van der Waals surface area contributed by atoms with Crippen LogP contribution in [-0.4, -0.2) is 27.8 Å². The lowest BCUT2D eigenvalue weighted by molar-refractivity contribution is 0.186. The number of nitrogens with one attached hydrogen (secondary N) is 1. The van der Waals surface area contributed by atoms with Gasteiger partial charge in [-0.25, -0.2) is 14.3 Å². The summed E-state index contributed by atoms with van der Waals surface area (Å²) < 4.78 is 6.16. The molecule has 0 radical (unpaired) electrons. The van der Waals surface area contributed by atoms with Crippen molar-refractivity contribution in [3.8, 4) is 0 Å². The minimum absolute atomic E-state index is 0.243. The summed E-state index contributed by atoms with van der Waals surface area (Å²) in [4.78, 5) is 15.3. The van der Waals surface area contributed by atoms with Crippen molar-refractivity contribution in [2.24, 2.45) is 0 Å². The van der Waals surface area contributed by atoms with Gasteiger partial charge in [-0.3, -0.25) is 5.32 Å². The Kier molecular flexibility index (Phi) is 2.72. The fourth-order valence-corrected chi connectivity index (χ4v) is 1.45. The van der Waals surface area contributed by atoms with E-state index >= 15 is 0 Å². The Morgan fingerprint density at radius 3 is 3.12 bits per heavy atom. The van der Waals surface area contributed by atoms with Crippen LogP contribution in [0.15, 0.2) is 18.3 Å². The first-order valence-corrected chi connectivity index (χ1v) is 4.94. The zero-order valence-corrected chi connectivity index (χ0v) is 9.10. The molecule has 0 aliphatic heterocycles. The molecule has 84 valence electrons. The van der Waals surface area contributed by atoms with Crippen molar-refractivity contribution in [1.29, 1.82) is 0 Å². The zero-order chi connectivity index (χ0) is 11.5. The normalized spacial score (nSPS) is 10.4. The van der Waals surface area contributed by atoms with Gasteiger partial charge in [0.1, 0.15) is 0 Å². The molecule has 2 rings (SSSR count). The van der Waals surface area contributed by atoms with Gasteiger partial charge in [-0.15, -0.1) is 5.10 Å². The van der Waals surface area contributed by atoms with Crippen molar-refractivity contribution >= 4 is 17.6 Å². The van der Waals surface area contributed by atoms with Gasteiger partial charge in [-0.2, -0.15) is 0 Å². The minimum Gasteiger partial charge on any atom is -0.453 e. The number of amides is 1. The van der Waals surface area contributed by atoms with Gasteiger partial charge in [-0.05, 0) is 18.6 Å². The number of fused-ring (bicyclic) bond motifs is 1. The summed E-state index contributed by atoms with van der Waals surface area (Å²) in [5.41, 5.74) is 1.82. The van der Waals surface area contributed by atoms with E-state index in [1.54, 1.807) is 10.7 Å². The Labute approximate surface area is 92.2 Å². The lowest BCUT2D eigenvalue weighted by atomic mass is 10.3. The minimum atomic E-state index is -0.575. The van der Waals surface area contributed by atoms with E-state index in [9.17, 15) is 4.79 Å². The number of methoxy groups -OCH3 is 1. The fourth-order valence-electron chi connectivity index (χ4n) is 1.45. The maximum atomic E-state index is 11.0. The molecule has 1 amide bonds. The van der Waals surface area contributed by atoms with Crippen molar-refractivity contribution in [3.63, 3.8) is 0 Å². The van der Waals surface area contributed by atoms with Crippen LogP contribution in [0.5, 0.6) is 0 Å². The molecule has 0 aromatic carbocycles. The molecular weight excluding hydrogens is 208 g/mol. The SMILES string of the molecule is CCc1nc(NC(=O)OC)nn2cccc12. The van der Waals surface area contributed by atoms with Crippen LogP contribution in [0.25, 0.3) is 5.52 Å². The quantitative estimate of drug-likeness (QED) is 0.832. The molecule has 6 heteroatoms. The molecule has 2 heterocycles. The number of carbonyl (C=O) groups excluding carboxylic acids is 1. The van der Waals surface area contributed by atoms with Gasteiger partial charge in [0.15, 0.2) is 0 Å². The molecule has 0 aliphatic carbocycles. The number of nitrogens with zero attached hydrogens (tertiary/aromatic N) is 3. The Bertz CT molecular complexity index is 521. The van der Waals surface area contributed by atoms with Gasteiger partial charge in [0, 0.05) is 6.20 Å². The molecule has 0 spiro atoms. The van der Waals surface area contributed by atoms with Crippen molar-refractivity contribution in [1.82, 2.24) is 14.6 Å². The highest BCUT2D eigenvalue weighted by molar-refractivity contribution is 5.82. The maximum Gasteiger partial charge on any atom is 0.413 e. The number of ether oxygens (including phenoxy) is 1. The van der Waals surface area contributed by atoms with Gasteiger partial charge in [-0.1, -0.05) is 6.92 Å². The van der Waals surface area contributed by atoms with E-state index in [-0.39, 0.29) is 5.95 Å². The largest absolute Gasteiger partial charge is 0.453 e. The number of hydrogen-bond donors (Lipinski definition) is 1. The predicted octanol–water partition coefficient (Wildman–Crippen LogP) is 1.47. The molecule has 2 aromatic heterocycles. The first-order chi connectivity index (χ1) is 7.74. The van der Waals surface area contributed by atoms with E-state index in [0.717, 1.165) is 17.6 Å². The highest BCUT2D eigenvalue weighted by atomic mass is 16.5. The summed E-state index contributed by atoms with van der Waals surface area (Å²) in [6.07, 6.45) is 2.00. The van der Waals surface area contributed by atoms with E-state index in [2.05, 4.69) is 20.1 Å². The van der Waals surface area contributed by atoms with E-state index in [0.29, 0.717) is 0 Å². The van der Waals surface area contributed by atoms with Gasteiger partial charge in [0.05, 0.1) is 18.3 Å². The molecule has 0 atom stereocenters. The van der Waals surface area contributed by atoms with E-state index in [4.69, 9.17) is 0 Å². The Balaban J connectivity index is 2.43. The Hall–Kier alpha value is -2.11. The summed E-state index contributed by atoms with van der Waals surface area (Å²) in [7, 11) is 1.30. The predicted molar refractivity (Wildman–Crippen MR) is 58.4 cm³/mol. The summed E-state index contributed by atoms with van der Waals surface area (Å²) in [5.74, 6) is 0.243. The summed E-state index contributed by atoms with van der Waals surface area (Å²) in [5, 5.41) is 6.57. The lowest BCUT2D eigenvalue weighted by Gasteiger charge is -2.05. The smallest absolute Gasteiger partial charge is 0.413 e. The van der Waals surface area contributed by atoms with Crippen molar-refractivity contribution in [2.75, 3.05) is 12.4 Å². The molecule has 0 saturated heterocycles. The molecule has 0 fully saturated rings. The second kappa shape index (κ2) is 4.18. The van der Waals surface area contributed by atoms with Crippen LogP contribution in [0.2, 0.25) is 0 Å². The molecule has 0 bridgehead atoms. The van der Waals surface area contributed by atoms with Crippen LogP contribution in [0.4, 0.5) is 10.7 Å². The first-order valence-electron chi connectivity index (χ1n) is 4.94. The summed E-state index contributed by atoms with van der Waals surface area (Å²) in [6, 6.07) is 3.81. The number of anilines is 1. The van der Waals surface area contributed by atoms with Crippen molar-refractivity contribution in [3.05, 3.63) is 24.0 Å². The number of aromatic nitrogens is 3. The molecule has 2 aromatic rings. The lowest BCUT2D eigenvalue weighted by Crippen LogP contribution is -2.15. The van der Waals surface area contributed by atoms with Crippen LogP contribution in [0.3, 0.4) is 0 Å². The highest BCUT2D eigenvalue weighted by Gasteiger charge is 2.08. The average molecular weight is 220 g/mol. The van der Waals surface area contributed by atoms with Gasteiger partial charge >= 0.3 is 6.09 Å². The zero-order valence-electron chi connectivity index (χ0n) is 9.10. The van der Waals surface area contributed by atoms with Crippen molar-refractivity contribution in [2.45, 2.75) is 13.3 Å². The molecule has 6 nitrogen and oxygen atoms in total. The average Bonchev–Trinajstić information content (AvgIpc) is 2.75. The third-order valence-corrected chi connectivity index (χ3v) is 2.20. The molecule has 0 saturated carbocycles. The van der Waals surface area contributed by atoms with Crippen LogP contribution < -0.4 is 5.32 Å². The highest BCUT2D eigenvalue weighted by Crippen LogP contribution is 2.11. The monoisotopic (exact) mass is 220 g/mol. The maximum absolute atomic E-state index is 11.0. The van der Waals surface area contributed by atoms with E-state index in [1.165, 1.54) is 7.11 Å². The second-order valence-corrected chi connectivity index (χ2v) is 3.19. The van der Waals surface area contributed by atoms with Crippen LogP contribution >= 0.6 is 0 Å². The third-order valence-electron chi connectivity index (χ3n) is 2.20. The van der Waals surface area contributed by atoms with E-state index < -0.39 is 6.09 Å². The standard InChI is InChI=1S/C10H12N4O2/c1-3-7-8-5-4-6-14(8)13-9(11-7)12-10(15)16-2/h4-6H,3H2,1-2H3,(H,12,13,15).